The molecule has 2 amide bonds. The lowest BCUT2D eigenvalue weighted by molar-refractivity contribution is -0.141. The summed E-state index contributed by atoms with van der Waals surface area (Å²) in [6, 6.07) is 4.95. The molecule has 4 atom stereocenters. The molecule has 26 heavy (non-hydrogen) atoms. The van der Waals surface area contributed by atoms with Gasteiger partial charge in [0.2, 0.25) is 0 Å². The Labute approximate surface area is 157 Å². The minimum absolute atomic E-state index is 0.154. The summed E-state index contributed by atoms with van der Waals surface area (Å²) in [5.74, 6) is -1.37. The zero-order valence-corrected chi connectivity index (χ0v) is 15.1. The van der Waals surface area contributed by atoms with E-state index in [2.05, 4.69) is 21.0 Å². The first-order valence-corrected chi connectivity index (χ1v) is 8.99. The quantitative estimate of drug-likeness (QED) is 0.448. The number of carboxylic acids is 1. The molecule has 4 unspecified atom stereocenters. The predicted molar refractivity (Wildman–Crippen MR) is 94.4 cm³/mol. The van der Waals surface area contributed by atoms with Crippen LogP contribution in [0, 0.1) is 23.7 Å². The zero-order valence-electron chi connectivity index (χ0n) is 13.5. The lowest BCUT2D eigenvalue weighted by atomic mass is 9.85. The fraction of sp³-hybridized carbons (Fsp3) is 0.333. The molecule has 2 aliphatic carbocycles. The van der Waals surface area contributed by atoms with Crippen molar-refractivity contribution in [3.05, 3.63) is 40.4 Å². The third-order valence-electron chi connectivity index (χ3n) is 5.08. The SMILES string of the molecule is O=C(O)COc1ccc(C=NN2C(=O)C3C4C=CC(C4)C3C2=O)cc1Br. The fourth-order valence-electron chi connectivity index (χ4n) is 3.98. The van der Waals surface area contributed by atoms with E-state index in [0.717, 1.165) is 11.4 Å². The van der Waals surface area contributed by atoms with Gasteiger partial charge in [0.1, 0.15) is 5.75 Å². The number of rotatable bonds is 5. The minimum Gasteiger partial charge on any atom is -0.481 e. The highest BCUT2D eigenvalue weighted by Gasteiger charge is 2.59. The van der Waals surface area contributed by atoms with Gasteiger partial charge in [0.05, 0.1) is 22.5 Å². The predicted octanol–water partition coefficient (Wildman–Crippen LogP) is 2.05. The number of amides is 2. The van der Waals surface area contributed by atoms with Gasteiger partial charge in [-0.05, 0) is 57.9 Å². The molecule has 1 aliphatic heterocycles. The van der Waals surface area contributed by atoms with Crippen molar-refractivity contribution in [3.63, 3.8) is 0 Å². The van der Waals surface area contributed by atoms with E-state index >= 15 is 0 Å². The number of benzene rings is 1. The van der Waals surface area contributed by atoms with Crippen molar-refractivity contribution in [2.24, 2.45) is 28.8 Å². The number of carbonyl (C=O) groups excluding carboxylic acids is 2. The molecule has 1 aromatic carbocycles. The molecule has 134 valence electrons. The number of hydrogen-bond donors (Lipinski definition) is 1. The number of hydrazone groups is 1. The molecule has 4 rings (SSSR count). The third kappa shape index (κ3) is 2.74. The van der Waals surface area contributed by atoms with Crippen molar-refractivity contribution in [3.8, 4) is 5.75 Å². The number of allylic oxidation sites excluding steroid dienone is 2. The molecule has 7 nitrogen and oxygen atoms in total. The maximum absolute atomic E-state index is 12.6. The van der Waals surface area contributed by atoms with Gasteiger partial charge in [-0.1, -0.05) is 12.2 Å². The number of carboxylic acid groups (broad SMARTS) is 1. The van der Waals surface area contributed by atoms with Crippen LogP contribution in [0.25, 0.3) is 0 Å². The van der Waals surface area contributed by atoms with Crippen molar-refractivity contribution < 1.29 is 24.2 Å². The molecule has 2 fully saturated rings. The molecule has 0 aromatic heterocycles. The molecule has 0 spiro atoms. The fourth-order valence-corrected chi connectivity index (χ4v) is 4.49. The number of ether oxygens (including phenoxy) is 1. The lowest BCUT2D eigenvalue weighted by Crippen LogP contribution is -2.28. The second-order valence-electron chi connectivity index (χ2n) is 6.60. The number of fused-ring (bicyclic) bond motifs is 5. The summed E-state index contributed by atoms with van der Waals surface area (Å²) in [6.45, 7) is -0.442. The lowest BCUT2D eigenvalue weighted by Gasteiger charge is -2.13. The highest BCUT2D eigenvalue weighted by atomic mass is 79.9. The number of nitrogens with zero attached hydrogens (tertiary/aromatic N) is 2. The average molecular weight is 419 g/mol. The summed E-state index contributed by atoms with van der Waals surface area (Å²) in [4.78, 5) is 35.7. The van der Waals surface area contributed by atoms with Gasteiger partial charge in [-0.3, -0.25) is 9.59 Å². The van der Waals surface area contributed by atoms with E-state index in [1.54, 1.807) is 18.2 Å². The molecule has 1 N–H and O–H groups in total. The topological polar surface area (TPSA) is 96.3 Å². The second-order valence-corrected chi connectivity index (χ2v) is 7.46. The maximum Gasteiger partial charge on any atom is 0.341 e. The summed E-state index contributed by atoms with van der Waals surface area (Å²) in [6.07, 6.45) is 6.40. The van der Waals surface area contributed by atoms with Crippen LogP contribution in [-0.4, -0.2) is 40.7 Å². The second kappa shape index (κ2) is 6.35. The molecule has 1 saturated carbocycles. The third-order valence-corrected chi connectivity index (χ3v) is 5.70. The van der Waals surface area contributed by atoms with Crippen LogP contribution in [0.15, 0.2) is 39.9 Å². The van der Waals surface area contributed by atoms with Gasteiger partial charge >= 0.3 is 5.97 Å². The highest BCUT2D eigenvalue weighted by molar-refractivity contribution is 9.10. The van der Waals surface area contributed by atoms with Gasteiger partial charge in [0, 0.05) is 0 Å². The van der Waals surface area contributed by atoms with Crippen LogP contribution in [0.3, 0.4) is 0 Å². The molecular weight excluding hydrogens is 404 g/mol. The standard InChI is InChI=1S/C18H15BrN2O5/c19-12-5-9(1-4-13(12)26-8-14(22)23)7-20-21-17(24)15-10-2-3-11(6-10)16(15)18(21)25/h1-5,7,10-11,15-16H,6,8H2,(H,22,23). The Morgan fingerprint density at radius 3 is 2.50 bits per heavy atom. The van der Waals surface area contributed by atoms with Gasteiger partial charge in [-0.2, -0.15) is 10.1 Å². The Morgan fingerprint density at radius 1 is 1.27 bits per heavy atom. The molecule has 0 radical (unpaired) electrons. The van der Waals surface area contributed by atoms with Crippen LogP contribution in [0.4, 0.5) is 0 Å². The average Bonchev–Trinajstić information content (AvgIpc) is 3.27. The van der Waals surface area contributed by atoms with Crippen molar-refractivity contribution >= 4 is 39.9 Å². The van der Waals surface area contributed by atoms with Crippen LogP contribution in [0.2, 0.25) is 0 Å². The first-order chi connectivity index (χ1) is 12.5. The molecule has 2 bridgehead atoms. The van der Waals surface area contributed by atoms with Gasteiger partial charge in [0.15, 0.2) is 6.61 Å². The summed E-state index contributed by atoms with van der Waals surface area (Å²) in [7, 11) is 0. The summed E-state index contributed by atoms with van der Waals surface area (Å²) in [5, 5.41) is 13.7. The highest BCUT2D eigenvalue weighted by Crippen LogP contribution is 2.52. The smallest absolute Gasteiger partial charge is 0.341 e. The van der Waals surface area contributed by atoms with E-state index in [4.69, 9.17) is 9.84 Å². The Hall–Kier alpha value is -2.48. The Kier molecular flexibility index (Phi) is 4.14. The van der Waals surface area contributed by atoms with E-state index in [1.807, 2.05) is 12.2 Å². The molecule has 1 saturated heterocycles. The van der Waals surface area contributed by atoms with Crippen molar-refractivity contribution in [2.45, 2.75) is 6.42 Å². The number of halogens is 1. The largest absolute Gasteiger partial charge is 0.481 e. The number of aliphatic carboxylic acids is 1. The van der Waals surface area contributed by atoms with E-state index in [-0.39, 0.29) is 35.5 Å². The molecule has 1 aromatic rings. The van der Waals surface area contributed by atoms with Crippen molar-refractivity contribution in [2.75, 3.05) is 6.61 Å². The van der Waals surface area contributed by atoms with Gasteiger partial charge in [0.25, 0.3) is 11.8 Å². The van der Waals surface area contributed by atoms with Crippen molar-refractivity contribution in [1.29, 1.82) is 0 Å². The van der Waals surface area contributed by atoms with Crippen molar-refractivity contribution in [1.82, 2.24) is 5.01 Å². The Balaban J connectivity index is 1.49. The summed E-state index contributed by atoms with van der Waals surface area (Å²) < 4.78 is 5.69. The van der Waals surface area contributed by atoms with Gasteiger partial charge < -0.3 is 9.84 Å². The van der Waals surface area contributed by atoms with Gasteiger partial charge in [-0.15, -0.1) is 0 Å². The van der Waals surface area contributed by atoms with E-state index < -0.39 is 12.6 Å². The van der Waals surface area contributed by atoms with Crippen LogP contribution in [0.5, 0.6) is 5.75 Å². The Morgan fingerprint density at radius 2 is 1.92 bits per heavy atom. The zero-order chi connectivity index (χ0) is 18.4. The summed E-state index contributed by atoms with van der Waals surface area (Å²) >= 11 is 3.30. The number of imide groups is 1. The van der Waals surface area contributed by atoms with Gasteiger partial charge in [-0.25, -0.2) is 4.79 Å². The van der Waals surface area contributed by atoms with E-state index in [9.17, 15) is 14.4 Å². The number of hydrogen-bond acceptors (Lipinski definition) is 5. The van der Waals surface area contributed by atoms with Crippen LogP contribution in [0.1, 0.15) is 12.0 Å². The molecule has 1 heterocycles. The normalized spacial score (nSPS) is 29.0. The van der Waals surface area contributed by atoms with Crippen LogP contribution in [-0.2, 0) is 14.4 Å². The van der Waals surface area contributed by atoms with Crippen LogP contribution < -0.4 is 4.74 Å². The Bertz CT molecular complexity index is 835. The minimum atomic E-state index is -1.07. The first-order valence-electron chi connectivity index (χ1n) is 8.20. The maximum atomic E-state index is 12.6. The van der Waals surface area contributed by atoms with E-state index in [0.29, 0.717) is 15.8 Å². The van der Waals surface area contributed by atoms with E-state index in [1.165, 1.54) is 6.21 Å². The summed E-state index contributed by atoms with van der Waals surface area (Å²) in [5.41, 5.74) is 0.651. The van der Waals surface area contributed by atoms with Crippen LogP contribution >= 0.6 is 15.9 Å². The number of carbonyl (C=O) groups is 3. The monoisotopic (exact) mass is 418 g/mol. The molecule has 8 heteroatoms. The molecular formula is C18H15BrN2O5. The molecule has 3 aliphatic rings. The first kappa shape index (κ1) is 17.0.